The quantitative estimate of drug-likeness (QED) is 0.370. The fourth-order valence-corrected chi connectivity index (χ4v) is 2.74. The molecule has 1 aromatic carbocycles. The summed E-state index contributed by atoms with van der Waals surface area (Å²) in [5.41, 5.74) is 7.03. The van der Waals surface area contributed by atoms with Crippen molar-refractivity contribution < 1.29 is 9.13 Å². The van der Waals surface area contributed by atoms with Crippen LogP contribution in [0.25, 0.3) is 0 Å². The van der Waals surface area contributed by atoms with Gasteiger partial charge in [-0.1, -0.05) is 26.0 Å². The van der Waals surface area contributed by atoms with E-state index >= 15 is 0 Å². The molecule has 5 nitrogen and oxygen atoms in total. The zero-order valence-electron chi connectivity index (χ0n) is 15.1. The molecule has 142 valence electrons. The zero-order valence-corrected chi connectivity index (χ0v) is 17.4. The Morgan fingerprint density at radius 1 is 1.28 bits per heavy atom. The van der Waals surface area contributed by atoms with Crippen molar-refractivity contribution in [3.05, 3.63) is 35.6 Å². The minimum atomic E-state index is -0.224. The maximum atomic E-state index is 13.2. The molecule has 1 heterocycles. The lowest BCUT2D eigenvalue weighted by Gasteiger charge is -2.34. The summed E-state index contributed by atoms with van der Waals surface area (Å²) in [7, 11) is 0. The van der Waals surface area contributed by atoms with E-state index in [2.05, 4.69) is 29.1 Å². The van der Waals surface area contributed by atoms with Gasteiger partial charge in [-0.3, -0.25) is 9.89 Å². The second kappa shape index (κ2) is 11.6. The molecule has 0 saturated carbocycles. The number of nitrogens with one attached hydrogen (secondary N) is 1. The Morgan fingerprint density at radius 2 is 1.92 bits per heavy atom. The topological polar surface area (TPSA) is 62.9 Å². The Labute approximate surface area is 167 Å². The first kappa shape index (κ1) is 22.1. The van der Waals surface area contributed by atoms with E-state index in [1.54, 1.807) is 0 Å². The van der Waals surface area contributed by atoms with Crippen LogP contribution in [0.15, 0.2) is 29.3 Å². The second-order valence-corrected chi connectivity index (χ2v) is 6.55. The number of nitrogens with zero attached hydrogens (tertiary/aromatic N) is 2. The summed E-state index contributed by atoms with van der Waals surface area (Å²) >= 11 is 0. The number of benzene rings is 1. The molecule has 1 aliphatic rings. The number of halogens is 2. The summed E-state index contributed by atoms with van der Waals surface area (Å²) in [6, 6.07) is 6.73. The standard InChI is InChI=1S/C18H29FN4O.HI/c1-14(2)7-8-21-18(20)22-13-17(23-9-11-24-12-10-23)15-3-5-16(19)6-4-15;/h3-6,14,17H,7-13H2,1-2H3,(H3,20,21,22);1H. The molecule has 0 radical (unpaired) electrons. The number of morpholine rings is 1. The Balaban J connectivity index is 0.00000312. The molecule has 0 spiro atoms. The number of nitrogens with two attached hydrogens (primary N) is 1. The van der Waals surface area contributed by atoms with Crippen LogP contribution in [-0.2, 0) is 4.74 Å². The van der Waals surface area contributed by atoms with Gasteiger partial charge in [-0.2, -0.15) is 0 Å². The van der Waals surface area contributed by atoms with Crippen LogP contribution < -0.4 is 11.1 Å². The van der Waals surface area contributed by atoms with Crippen molar-refractivity contribution in [3.63, 3.8) is 0 Å². The Kier molecular flexibility index (Phi) is 10.3. The lowest BCUT2D eigenvalue weighted by molar-refractivity contribution is 0.0179. The Hall–Kier alpha value is -0.930. The Bertz CT molecular complexity index is 518. The van der Waals surface area contributed by atoms with Crippen molar-refractivity contribution in [1.29, 1.82) is 0 Å². The smallest absolute Gasteiger partial charge is 0.188 e. The molecule has 3 N–H and O–H groups in total. The van der Waals surface area contributed by atoms with Crippen molar-refractivity contribution in [2.24, 2.45) is 16.6 Å². The summed E-state index contributed by atoms with van der Waals surface area (Å²) in [6.07, 6.45) is 1.06. The first-order valence-corrected chi connectivity index (χ1v) is 8.67. The van der Waals surface area contributed by atoms with Gasteiger partial charge in [0.2, 0.25) is 0 Å². The third kappa shape index (κ3) is 7.87. The van der Waals surface area contributed by atoms with Gasteiger partial charge in [0, 0.05) is 19.6 Å². The van der Waals surface area contributed by atoms with Gasteiger partial charge < -0.3 is 15.8 Å². The van der Waals surface area contributed by atoms with Crippen LogP contribution in [0.1, 0.15) is 31.9 Å². The molecule has 1 fully saturated rings. The predicted molar refractivity (Wildman–Crippen MR) is 111 cm³/mol. The maximum Gasteiger partial charge on any atom is 0.188 e. The van der Waals surface area contributed by atoms with Crippen LogP contribution >= 0.6 is 24.0 Å². The maximum absolute atomic E-state index is 13.2. The van der Waals surface area contributed by atoms with Crippen molar-refractivity contribution in [1.82, 2.24) is 10.2 Å². The van der Waals surface area contributed by atoms with Crippen LogP contribution in [0, 0.1) is 11.7 Å². The average Bonchev–Trinajstić information content (AvgIpc) is 2.57. The molecule has 1 aliphatic heterocycles. The van der Waals surface area contributed by atoms with Crippen LogP contribution in [-0.4, -0.2) is 50.3 Å². The summed E-state index contributed by atoms with van der Waals surface area (Å²) in [5.74, 6) is 0.875. The first-order valence-electron chi connectivity index (χ1n) is 8.67. The first-order chi connectivity index (χ1) is 11.6. The van der Waals surface area contributed by atoms with Gasteiger partial charge in [-0.15, -0.1) is 24.0 Å². The normalized spacial score (nSPS) is 17.2. The highest BCUT2D eigenvalue weighted by atomic mass is 127. The fourth-order valence-electron chi connectivity index (χ4n) is 2.74. The van der Waals surface area contributed by atoms with E-state index in [1.807, 2.05) is 12.1 Å². The van der Waals surface area contributed by atoms with Gasteiger partial charge in [0.15, 0.2) is 5.96 Å². The highest BCUT2D eigenvalue weighted by Gasteiger charge is 2.22. The molecule has 0 aliphatic carbocycles. The molecule has 25 heavy (non-hydrogen) atoms. The molecule has 1 unspecified atom stereocenters. The van der Waals surface area contributed by atoms with E-state index < -0.39 is 0 Å². The average molecular weight is 464 g/mol. The van der Waals surface area contributed by atoms with Crippen molar-refractivity contribution in [2.45, 2.75) is 26.3 Å². The molecule has 1 saturated heterocycles. The van der Waals surface area contributed by atoms with Crippen LogP contribution in [0.4, 0.5) is 4.39 Å². The van der Waals surface area contributed by atoms with Crippen molar-refractivity contribution in [3.8, 4) is 0 Å². The van der Waals surface area contributed by atoms with E-state index in [0.29, 0.717) is 31.6 Å². The molecule has 2 rings (SSSR count). The lowest BCUT2D eigenvalue weighted by Crippen LogP contribution is -2.41. The van der Waals surface area contributed by atoms with E-state index in [-0.39, 0.29) is 35.8 Å². The van der Waals surface area contributed by atoms with Gasteiger partial charge in [0.25, 0.3) is 0 Å². The number of rotatable bonds is 7. The Morgan fingerprint density at radius 3 is 2.52 bits per heavy atom. The molecule has 1 aromatic rings. The van der Waals surface area contributed by atoms with E-state index in [4.69, 9.17) is 10.5 Å². The minimum absolute atomic E-state index is 0. The molecule has 1 atom stereocenters. The number of guanidine groups is 1. The van der Waals surface area contributed by atoms with Crippen molar-refractivity contribution >= 4 is 29.9 Å². The van der Waals surface area contributed by atoms with E-state index in [9.17, 15) is 4.39 Å². The molecular weight excluding hydrogens is 434 g/mol. The van der Waals surface area contributed by atoms with Gasteiger partial charge in [-0.25, -0.2) is 4.39 Å². The van der Waals surface area contributed by atoms with Gasteiger partial charge in [0.1, 0.15) is 5.82 Å². The second-order valence-electron chi connectivity index (χ2n) is 6.55. The number of hydrogen-bond acceptors (Lipinski definition) is 3. The van der Waals surface area contributed by atoms with E-state index in [0.717, 1.165) is 31.6 Å². The summed E-state index contributed by atoms with van der Waals surface area (Å²) in [5, 5.41) is 3.16. The van der Waals surface area contributed by atoms with Gasteiger partial charge in [0.05, 0.1) is 25.8 Å². The monoisotopic (exact) mass is 464 g/mol. The number of aliphatic imine (C=N–C) groups is 1. The van der Waals surface area contributed by atoms with Gasteiger partial charge in [-0.05, 0) is 30.0 Å². The van der Waals surface area contributed by atoms with Gasteiger partial charge >= 0.3 is 0 Å². The summed E-state index contributed by atoms with van der Waals surface area (Å²) < 4.78 is 18.7. The number of ether oxygens (including phenoxy) is 1. The van der Waals surface area contributed by atoms with Crippen LogP contribution in [0.5, 0.6) is 0 Å². The predicted octanol–water partition coefficient (Wildman–Crippen LogP) is 2.77. The minimum Gasteiger partial charge on any atom is -0.379 e. The SMILES string of the molecule is CC(C)CCNC(N)=NCC(c1ccc(F)cc1)N1CCOCC1.I. The molecule has 7 heteroatoms. The van der Waals surface area contributed by atoms with E-state index in [1.165, 1.54) is 12.1 Å². The number of hydrogen-bond donors (Lipinski definition) is 2. The third-order valence-corrected chi connectivity index (χ3v) is 4.20. The summed E-state index contributed by atoms with van der Waals surface area (Å²) in [4.78, 5) is 6.82. The molecule has 0 aromatic heterocycles. The lowest BCUT2D eigenvalue weighted by atomic mass is 10.0. The molecule has 0 bridgehead atoms. The highest BCUT2D eigenvalue weighted by molar-refractivity contribution is 14.0. The zero-order chi connectivity index (χ0) is 17.4. The largest absolute Gasteiger partial charge is 0.379 e. The summed E-state index contributed by atoms with van der Waals surface area (Å²) in [6.45, 7) is 8.84. The van der Waals surface area contributed by atoms with Crippen LogP contribution in [0.3, 0.4) is 0 Å². The highest BCUT2D eigenvalue weighted by Crippen LogP contribution is 2.22. The third-order valence-electron chi connectivity index (χ3n) is 4.20. The van der Waals surface area contributed by atoms with Crippen LogP contribution in [0.2, 0.25) is 0 Å². The fraction of sp³-hybridized carbons (Fsp3) is 0.611. The molecule has 0 amide bonds. The van der Waals surface area contributed by atoms with Crippen molar-refractivity contribution in [2.75, 3.05) is 39.4 Å². The molecular formula is C18H30FIN4O.